The van der Waals surface area contributed by atoms with Gasteiger partial charge in [-0.2, -0.15) is 0 Å². The lowest BCUT2D eigenvalue weighted by Gasteiger charge is -2.27. The van der Waals surface area contributed by atoms with Crippen molar-refractivity contribution in [3.63, 3.8) is 0 Å². The second kappa shape index (κ2) is 6.66. The van der Waals surface area contributed by atoms with Crippen LogP contribution in [0.2, 0.25) is 0 Å². The smallest absolute Gasteiger partial charge is 0.317 e. The Morgan fingerprint density at radius 2 is 2.33 bits per heavy atom. The molecule has 0 aromatic heterocycles. The molecule has 1 aromatic carbocycles. The van der Waals surface area contributed by atoms with Crippen LogP contribution in [0.1, 0.15) is 18.5 Å². The molecule has 0 amide bonds. The lowest BCUT2D eigenvalue weighted by Crippen LogP contribution is -2.33. The zero-order valence-electron chi connectivity index (χ0n) is 10.1. The van der Waals surface area contributed by atoms with Gasteiger partial charge in [0, 0.05) is 22.6 Å². The summed E-state index contributed by atoms with van der Waals surface area (Å²) in [6.07, 6.45) is 1.61. The number of hydrogen-bond acceptors (Lipinski definition) is 2. The summed E-state index contributed by atoms with van der Waals surface area (Å²) in [4.78, 5) is 12.4. The summed E-state index contributed by atoms with van der Waals surface area (Å²) in [6.45, 7) is 5.60. The van der Waals surface area contributed by atoms with Gasteiger partial charge >= 0.3 is 5.97 Å². The van der Waals surface area contributed by atoms with E-state index in [4.69, 9.17) is 5.11 Å². The standard InChI is InChI=1S/C13H15BrFNO2/c1-3-6-16(8-13(17)18)9(2)11-7-10(14)4-5-12(11)15/h3-5,7,9H,1,6,8H2,2H3,(H,17,18). The largest absolute Gasteiger partial charge is 0.480 e. The molecule has 5 heteroatoms. The number of benzene rings is 1. The van der Waals surface area contributed by atoms with Gasteiger partial charge in [-0.1, -0.05) is 22.0 Å². The molecule has 1 unspecified atom stereocenters. The average Bonchev–Trinajstić information content (AvgIpc) is 2.30. The number of carboxylic acids is 1. The van der Waals surface area contributed by atoms with Gasteiger partial charge in [-0.25, -0.2) is 4.39 Å². The SMILES string of the molecule is C=CCN(CC(=O)O)C(C)c1cc(Br)ccc1F. The van der Waals surface area contributed by atoms with Crippen molar-refractivity contribution in [3.8, 4) is 0 Å². The highest BCUT2D eigenvalue weighted by Crippen LogP contribution is 2.25. The predicted octanol–water partition coefficient (Wildman–Crippen LogP) is 3.22. The van der Waals surface area contributed by atoms with E-state index in [9.17, 15) is 9.18 Å². The monoisotopic (exact) mass is 315 g/mol. The van der Waals surface area contributed by atoms with E-state index in [0.29, 0.717) is 12.1 Å². The van der Waals surface area contributed by atoms with E-state index in [1.165, 1.54) is 6.07 Å². The highest BCUT2D eigenvalue weighted by atomic mass is 79.9. The molecule has 0 spiro atoms. The third-order valence-corrected chi connectivity index (χ3v) is 3.15. The molecule has 1 N–H and O–H groups in total. The number of carbonyl (C=O) groups is 1. The van der Waals surface area contributed by atoms with Gasteiger partial charge in [0.1, 0.15) is 5.82 Å². The lowest BCUT2D eigenvalue weighted by molar-refractivity contribution is -0.138. The fourth-order valence-electron chi connectivity index (χ4n) is 1.73. The summed E-state index contributed by atoms with van der Waals surface area (Å²) < 4.78 is 14.5. The summed E-state index contributed by atoms with van der Waals surface area (Å²) in [6, 6.07) is 4.30. The van der Waals surface area contributed by atoms with E-state index in [-0.39, 0.29) is 18.4 Å². The molecule has 3 nitrogen and oxygen atoms in total. The topological polar surface area (TPSA) is 40.5 Å². The van der Waals surface area contributed by atoms with Crippen LogP contribution >= 0.6 is 15.9 Å². The Kier molecular flexibility index (Phi) is 5.50. The molecule has 0 bridgehead atoms. The Morgan fingerprint density at radius 1 is 1.67 bits per heavy atom. The minimum atomic E-state index is -0.945. The Morgan fingerprint density at radius 3 is 2.89 bits per heavy atom. The van der Waals surface area contributed by atoms with E-state index in [2.05, 4.69) is 22.5 Å². The van der Waals surface area contributed by atoms with E-state index in [1.54, 1.807) is 30.0 Å². The third-order valence-electron chi connectivity index (χ3n) is 2.66. The number of nitrogens with zero attached hydrogens (tertiary/aromatic N) is 1. The van der Waals surface area contributed by atoms with Crippen LogP contribution in [0.3, 0.4) is 0 Å². The molecule has 1 rings (SSSR count). The Bertz CT molecular complexity index is 451. The molecule has 0 aliphatic heterocycles. The maximum absolute atomic E-state index is 13.7. The molecule has 1 aromatic rings. The number of halogens is 2. The van der Waals surface area contributed by atoms with Crippen LogP contribution in [0.4, 0.5) is 4.39 Å². The van der Waals surface area contributed by atoms with E-state index < -0.39 is 5.97 Å². The van der Waals surface area contributed by atoms with Gasteiger partial charge in [0.05, 0.1) is 6.54 Å². The first-order chi connectivity index (χ1) is 8.45. The van der Waals surface area contributed by atoms with Crippen LogP contribution in [0.5, 0.6) is 0 Å². The highest BCUT2D eigenvalue weighted by Gasteiger charge is 2.20. The van der Waals surface area contributed by atoms with Crippen molar-refractivity contribution in [1.82, 2.24) is 4.90 Å². The third kappa shape index (κ3) is 3.92. The van der Waals surface area contributed by atoms with Crippen molar-refractivity contribution in [1.29, 1.82) is 0 Å². The van der Waals surface area contributed by atoms with Crippen LogP contribution in [0.15, 0.2) is 35.3 Å². The highest BCUT2D eigenvalue weighted by molar-refractivity contribution is 9.10. The summed E-state index contributed by atoms with van der Waals surface area (Å²) >= 11 is 3.28. The second-order valence-electron chi connectivity index (χ2n) is 3.95. The number of rotatable bonds is 6. The first-order valence-electron chi connectivity index (χ1n) is 5.47. The molecule has 18 heavy (non-hydrogen) atoms. The Labute approximate surface area is 114 Å². The van der Waals surface area contributed by atoms with Crippen LogP contribution in [-0.2, 0) is 4.79 Å². The molecule has 0 aliphatic rings. The second-order valence-corrected chi connectivity index (χ2v) is 4.87. The summed E-state index contributed by atoms with van der Waals surface area (Å²) in [7, 11) is 0. The van der Waals surface area contributed by atoms with Gasteiger partial charge in [-0.15, -0.1) is 6.58 Å². The van der Waals surface area contributed by atoms with Gasteiger partial charge in [-0.3, -0.25) is 9.69 Å². The van der Waals surface area contributed by atoms with E-state index >= 15 is 0 Å². The molecule has 1 atom stereocenters. The summed E-state index contributed by atoms with van der Waals surface area (Å²) in [5.41, 5.74) is 0.465. The van der Waals surface area contributed by atoms with Crippen LogP contribution in [-0.4, -0.2) is 29.1 Å². The van der Waals surface area contributed by atoms with E-state index in [1.807, 2.05) is 0 Å². The first-order valence-corrected chi connectivity index (χ1v) is 6.26. The Hall–Kier alpha value is -1.20. The fourth-order valence-corrected chi connectivity index (χ4v) is 2.11. The minimum absolute atomic E-state index is 0.154. The van der Waals surface area contributed by atoms with Gasteiger partial charge in [0.25, 0.3) is 0 Å². The number of aliphatic carboxylic acids is 1. The van der Waals surface area contributed by atoms with Crippen molar-refractivity contribution < 1.29 is 14.3 Å². The maximum Gasteiger partial charge on any atom is 0.317 e. The zero-order chi connectivity index (χ0) is 13.7. The quantitative estimate of drug-likeness (QED) is 0.819. The molecular formula is C13H15BrFNO2. The van der Waals surface area contributed by atoms with E-state index in [0.717, 1.165) is 4.47 Å². The van der Waals surface area contributed by atoms with Crippen molar-refractivity contribution in [2.24, 2.45) is 0 Å². The van der Waals surface area contributed by atoms with Gasteiger partial charge < -0.3 is 5.11 Å². The van der Waals surface area contributed by atoms with Crippen molar-refractivity contribution in [2.75, 3.05) is 13.1 Å². The first kappa shape index (κ1) is 14.9. The predicted molar refractivity (Wildman–Crippen MR) is 71.9 cm³/mol. The van der Waals surface area contributed by atoms with Crippen LogP contribution < -0.4 is 0 Å². The van der Waals surface area contributed by atoms with Gasteiger partial charge in [0.15, 0.2) is 0 Å². The molecule has 0 fully saturated rings. The average molecular weight is 316 g/mol. The molecule has 0 saturated heterocycles. The molecule has 0 radical (unpaired) electrons. The number of hydrogen-bond donors (Lipinski definition) is 1. The van der Waals surface area contributed by atoms with Crippen molar-refractivity contribution in [3.05, 3.63) is 46.7 Å². The molecule has 0 aliphatic carbocycles. The minimum Gasteiger partial charge on any atom is -0.480 e. The fraction of sp³-hybridized carbons (Fsp3) is 0.308. The zero-order valence-corrected chi connectivity index (χ0v) is 11.7. The maximum atomic E-state index is 13.7. The molecule has 0 heterocycles. The van der Waals surface area contributed by atoms with Gasteiger partial charge in [0.2, 0.25) is 0 Å². The Balaban J connectivity index is 3.00. The molecule has 98 valence electrons. The van der Waals surface area contributed by atoms with Crippen molar-refractivity contribution >= 4 is 21.9 Å². The molecule has 0 saturated carbocycles. The van der Waals surface area contributed by atoms with Crippen LogP contribution in [0.25, 0.3) is 0 Å². The summed E-state index contributed by atoms with van der Waals surface area (Å²) in [5, 5.41) is 8.85. The van der Waals surface area contributed by atoms with Crippen molar-refractivity contribution in [2.45, 2.75) is 13.0 Å². The molecular weight excluding hydrogens is 301 g/mol. The normalized spacial score (nSPS) is 12.4. The van der Waals surface area contributed by atoms with Gasteiger partial charge in [-0.05, 0) is 25.1 Å². The summed E-state index contributed by atoms with van der Waals surface area (Å²) in [5.74, 6) is -1.29. The van der Waals surface area contributed by atoms with Crippen LogP contribution in [0, 0.1) is 5.82 Å². The lowest BCUT2D eigenvalue weighted by atomic mass is 10.1. The number of carboxylic acid groups (broad SMARTS) is 1.